The molecule has 0 saturated carbocycles. The van der Waals surface area contributed by atoms with Crippen LogP contribution in [-0.2, 0) is 11.3 Å². The van der Waals surface area contributed by atoms with E-state index in [1.165, 1.54) is 6.20 Å². The summed E-state index contributed by atoms with van der Waals surface area (Å²) in [6.45, 7) is 2.18. The minimum absolute atomic E-state index is 0.161. The van der Waals surface area contributed by atoms with Gasteiger partial charge in [0.15, 0.2) is 11.4 Å². The molecule has 0 bridgehead atoms. The second-order valence-electron chi connectivity index (χ2n) is 7.86. The fraction of sp³-hybridized carbons (Fsp3) is 0.111. The number of amides is 1. The van der Waals surface area contributed by atoms with Crippen LogP contribution >= 0.6 is 15.9 Å². The van der Waals surface area contributed by atoms with E-state index in [1.807, 2.05) is 36.4 Å². The number of hydrogen-bond acceptors (Lipinski definition) is 7. The number of halogens is 1. The van der Waals surface area contributed by atoms with Crippen molar-refractivity contribution >= 4 is 39.1 Å². The summed E-state index contributed by atoms with van der Waals surface area (Å²) in [6.07, 6.45) is 3.03. The number of aromatic nitrogens is 3. The van der Waals surface area contributed by atoms with Crippen LogP contribution < -0.4 is 10.1 Å². The average molecular weight is 561 g/mol. The van der Waals surface area contributed by atoms with Gasteiger partial charge in [-0.25, -0.2) is 14.3 Å². The van der Waals surface area contributed by atoms with Gasteiger partial charge in [0.05, 0.1) is 23.0 Å². The van der Waals surface area contributed by atoms with Crippen molar-refractivity contribution in [2.45, 2.75) is 13.5 Å². The molecule has 186 valence electrons. The molecule has 0 aliphatic rings. The number of para-hydroxylation sites is 1. The maximum atomic E-state index is 12.8. The molecule has 0 spiro atoms. The first-order valence-corrected chi connectivity index (χ1v) is 12.2. The molecule has 0 aliphatic carbocycles. The molecule has 5 aromatic rings. The first kappa shape index (κ1) is 24.3. The fourth-order valence-corrected chi connectivity index (χ4v) is 4.10. The third kappa shape index (κ3) is 5.24. The van der Waals surface area contributed by atoms with Gasteiger partial charge in [-0.15, -0.1) is 0 Å². The quantitative estimate of drug-likeness (QED) is 0.240. The van der Waals surface area contributed by atoms with E-state index in [4.69, 9.17) is 13.9 Å². The molecule has 10 heteroatoms. The van der Waals surface area contributed by atoms with Crippen molar-refractivity contribution in [3.05, 3.63) is 101 Å². The molecule has 1 N–H and O–H groups in total. The van der Waals surface area contributed by atoms with Gasteiger partial charge < -0.3 is 19.2 Å². The summed E-state index contributed by atoms with van der Waals surface area (Å²) >= 11 is 3.44. The standard InChI is InChI=1S/C27H21BrN4O5/c1-2-35-27(34)20-15-30-32-22(12-13-29-25(20)32)17-6-5-7-18(14-17)31-26(33)24-11-10-19(37-24)16-36-23-9-4-3-8-21(23)28/h3-15H,2,16H2,1H3,(H,31,33). The van der Waals surface area contributed by atoms with Gasteiger partial charge in [-0.05, 0) is 65.3 Å². The van der Waals surface area contributed by atoms with E-state index in [2.05, 4.69) is 31.3 Å². The number of furan rings is 1. The van der Waals surface area contributed by atoms with Crippen molar-refractivity contribution in [1.82, 2.24) is 14.6 Å². The molecule has 2 aromatic carbocycles. The second-order valence-corrected chi connectivity index (χ2v) is 8.72. The van der Waals surface area contributed by atoms with Gasteiger partial charge in [0, 0.05) is 17.4 Å². The molecular weight excluding hydrogens is 540 g/mol. The zero-order chi connectivity index (χ0) is 25.8. The lowest BCUT2D eigenvalue weighted by Gasteiger charge is -2.08. The Morgan fingerprint density at radius 1 is 1.08 bits per heavy atom. The van der Waals surface area contributed by atoms with Crippen LogP contribution in [0.2, 0.25) is 0 Å². The van der Waals surface area contributed by atoms with Crippen molar-refractivity contribution in [1.29, 1.82) is 0 Å². The number of carbonyl (C=O) groups is 2. The fourth-order valence-electron chi connectivity index (χ4n) is 3.70. The van der Waals surface area contributed by atoms with Crippen LogP contribution in [0.5, 0.6) is 5.75 Å². The van der Waals surface area contributed by atoms with Gasteiger partial charge in [-0.3, -0.25) is 4.79 Å². The second kappa shape index (κ2) is 10.7. The number of nitrogens with zero attached hydrogens (tertiary/aromatic N) is 3. The van der Waals surface area contributed by atoms with Crippen molar-refractivity contribution in [2.24, 2.45) is 0 Å². The van der Waals surface area contributed by atoms with E-state index in [1.54, 1.807) is 48.0 Å². The third-order valence-corrected chi connectivity index (χ3v) is 6.06. The summed E-state index contributed by atoms with van der Waals surface area (Å²) in [5.41, 5.74) is 2.70. The number of rotatable bonds is 8. The third-order valence-electron chi connectivity index (χ3n) is 5.40. The van der Waals surface area contributed by atoms with Gasteiger partial charge in [-0.1, -0.05) is 24.3 Å². The van der Waals surface area contributed by atoms with Crippen LogP contribution in [0.3, 0.4) is 0 Å². The van der Waals surface area contributed by atoms with Crippen LogP contribution in [0.15, 0.2) is 88.0 Å². The number of anilines is 1. The Labute approximate surface area is 220 Å². The normalized spacial score (nSPS) is 10.9. The van der Waals surface area contributed by atoms with Gasteiger partial charge in [0.2, 0.25) is 0 Å². The molecule has 5 rings (SSSR count). The highest BCUT2D eigenvalue weighted by atomic mass is 79.9. The monoisotopic (exact) mass is 560 g/mol. The smallest absolute Gasteiger partial charge is 0.343 e. The van der Waals surface area contributed by atoms with Gasteiger partial charge in [-0.2, -0.15) is 5.10 Å². The highest BCUT2D eigenvalue weighted by Crippen LogP contribution is 2.26. The Bertz CT molecular complexity index is 1590. The Morgan fingerprint density at radius 2 is 1.95 bits per heavy atom. The Morgan fingerprint density at radius 3 is 2.78 bits per heavy atom. The predicted molar refractivity (Wildman–Crippen MR) is 140 cm³/mol. The van der Waals surface area contributed by atoms with Crippen molar-refractivity contribution < 1.29 is 23.5 Å². The summed E-state index contributed by atoms with van der Waals surface area (Å²) in [7, 11) is 0. The van der Waals surface area contributed by atoms with Crippen molar-refractivity contribution in [3.63, 3.8) is 0 Å². The van der Waals surface area contributed by atoms with Crippen LogP contribution in [0, 0.1) is 0 Å². The molecule has 3 heterocycles. The molecule has 9 nitrogen and oxygen atoms in total. The number of benzene rings is 2. The molecule has 0 radical (unpaired) electrons. The van der Waals surface area contributed by atoms with Gasteiger partial charge in [0.25, 0.3) is 5.91 Å². The molecule has 0 aliphatic heterocycles. The van der Waals surface area contributed by atoms with E-state index < -0.39 is 11.9 Å². The molecule has 3 aromatic heterocycles. The first-order chi connectivity index (χ1) is 18.0. The zero-order valence-electron chi connectivity index (χ0n) is 19.7. The van der Waals surface area contributed by atoms with Gasteiger partial charge >= 0.3 is 5.97 Å². The van der Waals surface area contributed by atoms with Crippen molar-refractivity contribution in [3.8, 4) is 17.0 Å². The molecule has 1 amide bonds. The lowest BCUT2D eigenvalue weighted by atomic mass is 10.1. The summed E-state index contributed by atoms with van der Waals surface area (Å²) < 4.78 is 18.9. The van der Waals surface area contributed by atoms with E-state index in [9.17, 15) is 9.59 Å². The summed E-state index contributed by atoms with van der Waals surface area (Å²) in [5, 5.41) is 7.17. The summed E-state index contributed by atoms with van der Waals surface area (Å²) in [5.74, 6) is 0.479. The summed E-state index contributed by atoms with van der Waals surface area (Å²) in [4.78, 5) is 29.3. The molecule has 0 saturated heterocycles. The maximum absolute atomic E-state index is 12.8. The highest BCUT2D eigenvalue weighted by Gasteiger charge is 2.18. The van der Waals surface area contributed by atoms with E-state index >= 15 is 0 Å². The molecule has 0 fully saturated rings. The van der Waals surface area contributed by atoms with Crippen molar-refractivity contribution in [2.75, 3.05) is 11.9 Å². The van der Waals surface area contributed by atoms with Crippen LogP contribution in [0.4, 0.5) is 5.69 Å². The van der Waals surface area contributed by atoms with Gasteiger partial charge in [0.1, 0.15) is 23.7 Å². The van der Waals surface area contributed by atoms with Crippen LogP contribution in [0.1, 0.15) is 33.6 Å². The maximum Gasteiger partial charge on any atom is 0.343 e. The number of ether oxygens (including phenoxy) is 2. The topological polar surface area (TPSA) is 108 Å². The molecule has 0 atom stereocenters. The number of nitrogens with one attached hydrogen (secondary N) is 1. The highest BCUT2D eigenvalue weighted by molar-refractivity contribution is 9.10. The SMILES string of the molecule is CCOC(=O)c1cnn2c(-c3cccc(NC(=O)c4ccc(COc5ccccc5Br)o4)c3)ccnc12. The minimum Gasteiger partial charge on any atom is -0.484 e. The lowest BCUT2D eigenvalue weighted by Crippen LogP contribution is -2.11. The van der Waals surface area contributed by atoms with E-state index in [0.29, 0.717) is 28.5 Å². The largest absolute Gasteiger partial charge is 0.484 e. The molecule has 0 unspecified atom stereocenters. The first-order valence-electron chi connectivity index (χ1n) is 11.4. The van der Waals surface area contributed by atoms with Crippen LogP contribution in [0.25, 0.3) is 16.9 Å². The van der Waals surface area contributed by atoms with E-state index in [0.717, 1.165) is 10.0 Å². The van der Waals surface area contributed by atoms with Crippen LogP contribution in [-0.4, -0.2) is 33.1 Å². The molecule has 37 heavy (non-hydrogen) atoms. The number of carbonyl (C=O) groups excluding carboxylic acids is 2. The minimum atomic E-state index is -0.484. The van der Waals surface area contributed by atoms with E-state index in [-0.39, 0.29) is 24.5 Å². The summed E-state index contributed by atoms with van der Waals surface area (Å²) in [6, 6.07) is 19.8. The Hall–Kier alpha value is -4.44. The number of esters is 1. The molecular formula is C27H21BrN4O5. The zero-order valence-corrected chi connectivity index (χ0v) is 21.3. The Balaban J connectivity index is 1.31. The number of fused-ring (bicyclic) bond motifs is 1. The Kier molecular flexibility index (Phi) is 7.00. The number of hydrogen-bond donors (Lipinski definition) is 1. The average Bonchev–Trinajstić information content (AvgIpc) is 3.56. The lowest BCUT2D eigenvalue weighted by molar-refractivity contribution is 0.0528. The predicted octanol–water partition coefficient (Wildman–Crippen LogP) is 5.76.